The maximum atomic E-state index is 13.2. The van der Waals surface area contributed by atoms with Crippen LogP contribution in [0.3, 0.4) is 0 Å². The fourth-order valence-electron chi connectivity index (χ4n) is 4.00. The summed E-state index contributed by atoms with van der Waals surface area (Å²) in [6, 6.07) is 8.14. The molecule has 2 aromatic heterocycles. The maximum Gasteiger partial charge on any atom is 0.253 e. The van der Waals surface area contributed by atoms with Crippen LogP contribution in [0.2, 0.25) is 0 Å². The molecule has 9 heteroatoms. The topological polar surface area (TPSA) is 81.4 Å². The third-order valence-corrected chi connectivity index (χ3v) is 6.68. The molecule has 0 bridgehead atoms. The summed E-state index contributed by atoms with van der Waals surface area (Å²) in [4.78, 5) is 22.2. The number of amides is 1. The van der Waals surface area contributed by atoms with Gasteiger partial charge in [-0.3, -0.25) is 4.79 Å². The predicted octanol–water partition coefficient (Wildman–Crippen LogP) is 3.59. The van der Waals surface area contributed by atoms with E-state index in [4.69, 9.17) is 4.74 Å². The second-order valence-electron chi connectivity index (χ2n) is 7.50. The van der Waals surface area contributed by atoms with Crippen LogP contribution in [0.15, 0.2) is 33.9 Å². The van der Waals surface area contributed by atoms with E-state index in [-0.39, 0.29) is 12.3 Å². The number of halogens is 1. The molecule has 0 aliphatic carbocycles. The minimum atomic E-state index is -0.433. The predicted molar refractivity (Wildman–Crippen MR) is 120 cm³/mol. The van der Waals surface area contributed by atoms with Gasteiger partial charge in [0.25, 0.3) is 5.78 Å². The zero-order valence-corrected chi connectivity index (χ0v) is 19.6. The molecule has 1 aromatic carbocycles. The number of carbonyl (C=O) groups excluding carboxylic acids is 1. The van der Waals surface area contributed by atoms with Crippen LogP contribution in [-0.4, -0.2) is 45.0 Å². The fourth-order valence-corrected chi connectivity index (χ4v) is 4.73. The molecular weight excluding hydrogens is 466 g/mol. The second-order valence-corrected chi connectivity index (χ2v) is 9.19. The highest BCUT2D eigenvalue weighted by Gasteiger charge is 2.36. The van der Waals surface area contributed by atoms with Crippen molar-refractivity contribution in [1.82, 2.24) is 24.9 Å². The van der Waals surface area contributed by atoms with Gasteiger partial charge in [-0.1, -0.05) is 39.8 Å². The van der Waals surface area contributed by atoms with E-state index < -0.39 is 5.54 Å². The normalized spacial score (nSPS) is 16.0. The third kappa shape index (κ3) is 4.10. The Balaban J connectivity index is 1.63. The minimum Gasteiger partial charge on any atom is -0.381 e. The minimum absolute atomic E-state index is 0.0329. The highest BCUT2D eigenvalue weighted by atomic mass is 79.9. The molecule has 0 radical (unpaired) electrons. The Hall–Kier alpha value is -1.97. The summed E-state index contributed by atoms with van der Waals surface area (Å²) < 4.78 is 8.30. The van der Waals surface area contributed by atoms with Crippen LogP contribution >= 0.6 is 27.7 Å². The molecule has 30 heavy (non-hydrogen) atoms. The standard InChI is InChI=1S/C21H24BrN5O2S/c1-13-17(14(2)27-19(23-13)24-20(26-27)30-3)12-18(28)25-21(7-9-29-10-8-21)15-5-4-6-16(22)11-15/h4-6,11H,7-10,12H2,1-3H3,(H,25,28). The SMILES string of the molecule is CSc1nc2nc(C)c(CC(=O)NC3(c4cccc(Br)c4)CCOCC3)c(C)n2n1. The van der Waals surface area contributed by atoms with Crippen LogP contribution in [-0.2, 0) is 21.5 Å². The summed E-state index contributed by atoms with van der Waals surface area (Å²) in [5, 5.41) is 8.47. The van der Waals surface area contributed by atoms with Gasteiger partial charge in [0.05, 0.1) is 12.0 Å². The van der Waals surface area contributed by atoms with E-state index in [1.807, 2.05) is 32.2 Å². The molecule has 0 atom stereocenters. The summed E-state index contributed by atoms with van der Waals surface area (Å²) in [6.45, 7) is 5.12. The summed E-state index contributed by atoms with van der Waals surface area (Å²) >= 11 is 5.03. The highest BCUT2D eigenvalue weighted by Crippen LogP contribution is 2.33. The lowest BCUT2D eigenvalue weighted by atomic mass is 9.82. The number of hydrogen-bond donors (Lipinski definition) is 1. The van der Waals surface area contributed by atoms with Crippen molar-refractivity contribution in [3.63, 3.8) is 0 Å². The Morgan fingerprint density at radius 3 is 2.77 bits per heavy atom. The van der Waals surface area contributed by atoms with Crippen molar-refractivity contribution < 1.29 is 9.53 Å². The Morgan fingerprint density at radius 2 is 2.07 bits per heavy atom. The lowest BCUT2D eigenvalue weighted by molar-refractivity contribution is -0.123. The Morgan fingerprint density at radius 1 is 1.30 bits per heavy atom. The molecule has 158 valence electrons. The van der Waals surface area contributed by atoms with Gasteiger partial charge in [-0.05, 0) is 50.6 Å². The number of hydrogen-bond acceptors (Lipinski definition) is 6. The van der Waals surface area contributed by atoms with E-state index in [1.165, 1.54) is 11.8 Å². The molecule has 1 N–H and O–H groups in total. The molecule has 3 heterocycles. The van der Waals surface area contributed by atoms with Crippen molar-refractivity contribution in [3.05, 3.63) is 51.3 Å². The van der Waals surface area contributed by atoms with Crippen molar-refractivity contribution in [2.24, 2.45) is 0 Å². The first kappa shape index (κ1) is 21.3. The van der Waals surface area contributed by atoms with Gasteiger partial charge in [0.15, 0.2) is 0 Å². The molecule has 1 saturated heterocycles. The lowest BCUT2D eigenvalue weighted by Gasteiger charge is -2.38. The van der Waals surface area contributed by atoms with Crippen molar-refractivity contribution in [1.29, 1.82) is 0 Å². The average molecular weight is 490 g/mol. The molecule has 4 rings (SSSR count). The van der Waals surface area contributed by atoms with Gasteiger partial charge in [0.1, 0.15) is 0 Å². The maximum absolute atomic E-state index is 13.2. The van der Waals surface area contributed by atoms with Gasteiger partial charge in [0, 0.05) is 34.6 Å². The molecule has 1 amide bonds. The van der Waals surface area contributed by atoms with E-state index in [9.17, 15) is 4.79 Å². The number of nitrogens with zero attached hydrogens (tertiary/aromatic N) is 4. The second kappa shape index (κ2) is 8.64. The number of nitrogens with one attached hydrogen (secondary N) is 1. The number of thioether (sulfide) groups is 1. The van der Waals surface area contributed by atoms with E-state index in [0.29, 0.717) is 24.1 Å². The molecule has 0 unspecified atom stereocenters. The van der Waals surface area contributed by atoms with Crippen LogP contribution in [0, 0.1) is 13.8 Å². The van der Waals surface area contributed by atoms with Gasteiger partial charge >= 0.3 is 0 Å². The van der Waals surface area contributed by atoms with Crippen molar-refractivity contribution in [2.45, 2.75) is 43.8 Å². The van der Waals surface area contributed by atoms with Gasteiger partial charge in [-0.15, -0.1) is 5.10 Å². The van der Waals surface area contributed by atoms with Crippen LogP contribution in [0.25, 0.3) is 5.78 Å². The van der Waals surface area contributed by atoms with Crippen molar-refractivity contribution in [2.75, 3.05) is 19.5 Å². The highest BCUT2D eigenvalue weighted by molar-refractivity contribution is 9.10. The molecule has 1 fully saturated rings. The van der Waals surface area contributed by atoms with E-state index >= 15 is 0 Å². The quantitative estimate of drug-likeness (QED) is 0.551. The fraction of sp³-hybridized carbons (Fsp3) is 0.429. The van der Waals surface area contributed by atoms with Crippen molar-refractivity contribution >= 4 is 39.4 Å². The van der Waals surface area contributed by atoms with Gasteiger partial charge < -0.3 is 10.1 Å². The summed E-state index contributed by atoms with van der Waals surface area (Å²) in [5.41, 5.74) is 3.24. The largest absolute Gasteiger partial charge is 0.381 e. The third-order valence-electron chi connectivity index (χ3n) is 5.65. The van der Waals surface area contributed by atoms with Crippen molar-refractivity contribution in [3.8, 4) is 0 Å². The Labute approximate surface area is 188 Å². The van der Waals surface area contributed by atoms with Crippen LogP contribution < -0.4 is 5.32 Å². The van der Waals surface area contributed by atoms with E-state index in [1.54, 1.807) is 4.52 Å². The lowest BCUT2D eigenvalue weighted by Crippen LogP contribution is -2.50. The summed E-state index contributed by atoms with van der Waals surface area (Å²) in [5.74, 6) is 0.531. The number of fused-ring (bicyclic) bond motifs is 1. The average Bonchev–Trinajstić information content (AvgIpc) is 3.15. The van der Waals surface area contributed by atoms with E-state index in [2.05, 4.69) is 48.4 Å². The number of aromatic nitrogens is 4. The summed E-state index contributed by atoms with van der Waals surface area (Å²) in [7, 11) is 0. The Bertz CT molecular complexity index is 1090. The number of rotatable bonds is 5. The molecule has 7 nitrogen and oxygen atoms in total. The molecule has 0 spiro atoms. The zero-order valence-electron chi connectivity index (χ0n) is 17.2. The van der Waals surface area contributed by atoms with Gasteiger partial charge in [0.2, 0.25) is 11.1 Å². The monoisotopic (exact) mass is 489 g/mol. The molecular formula is C21H24BrN5O2S. The number of aryl methyl sites for hydroxylation is 2. The first-order valence-electron chi connectivity index (χ1n) is 9.83. The zero-order chi connectivity index (χ0) is 21.3. The smallest absolute Gasteiger partial charge is 0.253 e. The molecule has 3 aromatic rings. The molecule has 1 aliphatic rings. The number of benzene rings is 1. The first-order chi connectivity index (χ1) is 14.4. The van der Waals surface area contributed by atoms with Gasteiger partial charge in [-0.25, -0.2) is 9.50 Å². The first-order valence-corrected chi connectivity index (χ1v) is 11.9. The molecule has 0 saturated carbocycles. The van der Waals surface area contributed by atoms with E-state index in [0.717, 1.165) is 39.8 Å². The van der Waals surface area contributed by atoms with Crippen LogP contribution in [0.5, 0.6) is 0 Å². The molecule has 1 aliphatic heterocycles. The van der Waals surface area contributed by atoms with Gasteiger partial charge in [-0.2, -0.15) is 4.98 Å². The van der Waals surface area contributed by atoms with Crippen LogP contribution in [0.4, 0.5) is 0 Å². The summed E-state index contributed by atoms with van der Waals surface area (Å²) in [6.07, 6.45) is 3.65. The number of carbonyl (C=O) groups is 1. The number of ether oxygens (including phenoxy) is 1. The van der Waals surface area contributed by atoms with Crippen LogP contribution in [0.1, 0.15) is 35.4 Å². The Kier molecular flexibility index (Phi) is 6.13.